The topological polar surface area (TPSA) is 54.7 Å². The third-order valence-corrected chi connectivity index (χ3v) is 3.53. The summed E-state index contributed by atoms with van der Waals surface area (Å²) >= 11 is 0. The van der Waals surface area contributed by atoms with E-state index in [0.29, 0.717) is 12.2 Å². The van der Waals surface area contributed by atoms with Crippen LogP contribution in [0.15, 0.2) is 28.9 Å². The van der Waals surface area contributed by atoms with Crippen LogP contribution in [0.5, 0.6) is 0 Å². The number of nitrogens with one attached hydrogen (secondary N) is 1. The molecule has 0 atom stereocenters. The zero-order valence-electron chi connectivity index (χ0n) is 13.5. The Morgan fingerprint density at radius 2 is 2.05 bits per heavy atom. The Morgan fingerprint density at radius 1 is 1.32 bits per heavy atom. The summed E-state index contributed by atoms with van der Waals surface area (Å²) in [5.41, 5.74) is 2.30. The van der Waals surface area contributed by atoms with E-state index in [1.54, 1.807) is 6.92 Å². The average molecular weight is 304 g/mol. The molecule has 1 aliphatic rings. The summed E-state index contributed by atoms with van der Waals surface area (Å²) in [6.07, 6.45) is 1.49. The smallest absolute Gasteiger partial charge is 0.342 e. The Kier molecular flexibility index (Phi) is 5.83. The Morgan fingerprint density at radius 3 is 2.73 bits per heavy atom. The highest BCUT2D eigenvalue weighted by Crippen LogP contribution is 2.31. The van der Waals surface area contributed by atoms with Gasteiger partial charge in [-0.3, -0.25) is 0 Å². The number of hydrogen-bond acceptors (Lipinski definition) is 5. The lowest BCUT2D eigenvalue weighted by atomic mass is 10.1. The quantitative estimate of drug-likeness (QED) is 0.883. The van der Waals surface area contributed by atoms with Crippen LogP contribution in [-0.4, -0.2) is 38.8 Å². The predicted molar refractivity (Wildman–Crippen MR) is 88.6 cm³/mol. The predicted octanol–water partition coefficient (Wildman–Crippen LogP) is 3.05. The van der Waals surface area contributed by atoms with Crippen LogP contribution in [0.3, 0.4) is 0 Å². The molecule has 5 heteroatoms. The van der Waals surface area contributed by atoms with Gasteiger partial charge in [0, 0.05) is 31.6 Å². The number of esters is 1. The van der Waals surface area contributed by atoms with Gasteiger partial charge in [-0.25, -0.2) is 4.79 Å². The number of anilines is 1. The Bertz CT molecular complexity index is 615. The highest BCUT2D eigenvalue weighted by molar-refractivity contribution is 6.06. The zero-order valence-corrected chi connectivity index (χ0v) is 13.5. The van der Waals surface area contributed by atoms with Gasteiger partial charge in [0.25, 0.3) is 0 Å². The Hall–Kier alpha value is -2.01. The number of benzene rings is 1. The monoisotopic (exact) mass is 304 g/mol. The number of nitrogens with zero attached hydrogens (tertiary/aromatic N) is 1. The van der Waals surface area contributed by atoms with Gasteiger partial charge >= 0.3 is 5.97 Å². The molecule has 0 unspecified atom stereocenters. The molecular weight excluding hydrogens is 280 g/mol. The van der Waals surface area contributed by atoms with Crippen LogP contribution in [0.4, 0.5) is 5.69 Å². The Balaban J connectivity index is 0.000000847. The van der Waals surface area contributed by atoms with Crippen molar-refractivity contribution in [2.45, 2.75) is 20.8 Å². The lowest BCUT2D eigenvalue weighted by Crippen LogP contribution is -2.43. The lowest BCUT2D eigenvalue weighted by molar-refractivity contribution is 0.0527. The number of piperazine rings is 1. The normalized spacial score (nSPS) is 14.4. The molecule has 5 nitrogen and oxygen atoms in total. The Labute approximate surface area is 131 Å². The van der Waals surface area contributed by atoms with E-state index in [9.17, 15) is 4.79 Å². The van der Waals surface area contributed by atoms with Gasteiger partial charge in [-0.2, -0.15) is 0 Å². The number of carbonyl (C=O) groups excluding carboxylic acids is 1. The van der Waals surface area contributed by atoms with Crippen molar-refractivity contribution in [1.29, 1.82) is 0 Å². The summed E-state index contributed by atoms with van der Waals surface area (Å²) in [4.78, 5) is 14.2. The largest absolute Gasteiger partial charge is 0.462 e. The van der Waals surface area contributed by atoms with Crippen molar-refractivity contribution < 1.29 is 13.9 Å². The van der Waals surface area contributed by atoms with Crippen LogP contribution in [0.1, 0.15) is 31.1 Å². The first-order valence-corrected chi connectivity index (χ1v) is 7.94. The van der Waals surface area contributed by atoms with Crippen molar-refractivity contribution in [3.8, 4) is 0 Å². The molecule has 0 amide bonds. The van der Waals surface area contributed by atoms with E-state index >= 15 is 0 Å². The van der Waals surface area contributed by atoms with Gasteiger partial charge in [0.15, 0.2) is 5.58 Å². The standard InChI is InChI=1S/C15H18N2O3.C2H6/c1-2-19-15(18)12-10-20-14-11(12)4-3-5-13(14)17-8-6-16-7-9-17;1-2/h3-5,10,16H,2,6-9H2,1H3;1-2H3. The number of ether oxygens (including phenoxy) is 1. The summed E-state index contributed by atoms with van der Waals surface area (Å²) < 4.78 is 10.7. The van der Waals surface area contributed by atoms with E-state index < -0.39 is 0 Å². The number of furan rings is 1. The van der Waals surface area contributed by atoms with Crippen LogP contribution in [0.25, 0.3) is 11.0 Å². The molecule has 22 heavy (non-hydrogen) atoms. The molecule has 1 fully saturated rings. The molecular formula is C17H24N2O3. The second-order valence-corrected chi connectivity index (χ2v) is 4.76. The van der Waals surface area contributed by atoms with Crippen molar-refractivity contribution in [1.82, 2.24) is 5.32 Å². The maximum absolute atomic E-state index is 11.9. The molecule has 0 radical (unpaired) electrons. The first-order chi connectivity index (χ1) is 10.8. The molecule has 0 spiro atoms. The molecule has 1 N–H and O–H groups in total. The molecule has 0 saturated carbocycles. The molecule has 1 saturated heterocycles. The van der Waals surface area contributed by atoms with Crippen molar-refractivity contribution >= 4 is 22.6 Å². The van der Waals surface area contributed by atoms with Gasteiger partial charge in [-0.05, 0) is 13.0 Å². The van der Waals surface area contributed by atoms with Crippen LogP contribution < -0.4 is 10.2 Å². The molecule has 1 aliphatic heterocycles. The molecule has 3 rings (SSSR count). The van der Waals surface area contributed by atoms with E-state index in [4.69, 9.17) is 9.15 Å². The van der Waals surface area contributed by atoms with Gasteiger partial charge in [-0.1, -0.05) is 26.0 Å². The van der Waals surface area contributed by atoms with E-state index in [2.05, 4.69) is 10.2 Å². The molecule has 2 aromatic rings. The van der Waals surface area contributed by atoms with E-state index in [-0.39, 0.29) is 5.97 Å². The van der Waals surface area contributed by atoms with Crippen LogP contribution >= 0.6 is 0 Å². The first-order valence-electron chi connectivity index (χ1n) is 7.94. The molecule has 0 bridgehead atoms. The van der Waals surface area contributed by atoms with Gasteiger partial charge in [-0.15, -0.1) is 0 Å². The maximum Gasteiger partial charge on any atom is 0.342 e. The zero-order chi connectivity index (χ0) is 15.9. The fourth-order valence-corrected chi connectivity index (χ4v) is 2.56. The van der Waals surface area contributed by atoms with Crippen molar-refractivity contribution in [3.63, 3.8) is 0 Å². The lowest BCUT2D eigenvalue weighted by Gasteiger charge is -2.29. The highest BCUT2D eigenvalue weighted by Gasteiger charge is 2.20. The van der Waals surface area contributed by atoms with Crippen LogP contribution in [0, 0.1) is 0 Å². The second-order valence-electron chi connectivity index (χ2n) is 4.76. The van der Waals surface area contributed by atoms with Crippen molar-refractivity contribution in [3.05, 3.63) is 30.0 Å². The van der Waals surface area contributed by atoms with Gasteiger partial charge in [0.1, 0.15) is 11.8 Å². The third kappa shape index (κ3) is 3.25. The minimum Gasteiger partial charge on any atom is -0.462 e. The molecule has 120 valence electrons. The third-order valence-electron chi connectivity index (χ3n) is 3.53. The second kappa shape index (κ2) is 7.84. The number of rotatable bonds is 3. The number of hydrogen-bond donors (Lipinski definition) is 1. The SMILES string of the molecule is CC.CCOC(=O)c1coc2c(N3CCNCC3)cccc12. The van der Waals surface area contributed by atoms with E-state index in [0.717, 1.165) is 42.8 Å². The van der Waals surface area contributed by atoms with E-state index in [1.165, 1.54) is 6.26 Å². The molecule has 1 aromatic carbocycles. The summed E-state index contributed by atoms with van der Waals surface area (Å²) in [5.74, 6) is -0.330. The molecule has 2 heterocycles. The fraction of sp³-hybridized carbons (Fsp3) is 0.471. The maximum atomic E-state index is 11.9. The van der Waals surface area contributed by atoms with Gasteiger partial charge in [0.2, 0.25) is 0 Å². The summed E-state index contributed by atoms with van der Waals surface area (Å²) in [6.45, 7) is 9.96. The molecule has 0 aliphatic carbocycles. The summed E-state index contributed by atoms with van der Waals surface area (Å²) in [7, 11) is 0. The molecule has 1 aromatic heterocycles. The van der Waals surface area contributed by atoms with Crippen molar-refractivity contribution in [2.75, 3.05) is 37.7 Å². The van der Waals surface area contributed by atoms with Crippen LogP contribution in [-0.2, 0) is 4.74 Å². The number of carbonyl (C=O) groups is 1. The van der Waals surface area contributed by atoms with E-state index in [1.807, 2.05) is 32.0 Å². The number of fused-ring (bicyclic) bond motifs is 1. The van der Waals surface area contributed by atoms with Gasteiger partial charge < -0.3 is 19.4 Å². The summed E-state index contributed by atoms with van der Waals surface area (Å²) in [5, 5.41) is 4.15. The summed E-state index contributed by atoms with van der Waals surface area (Å²) in [6, 6.07) is 5.89. The minimum absolute atomic E-state index is 0.330. The van der Waals surface area contributed by atoms with Gasteiger partial charge in [0.05, 0.1) is 12.3 Å². The highest BCUT2D eigenvalue weighted by atomic mass is 16.5. The fourth-order valence-electron chi connectivity index (χ4n) is 2.56. The minimum atomic E-state index is -0.330. The van der Waals surface area contributed by atoms with Crippen molar-refractivity contribution in [2.24, 2.45) is 0 Å². The first kappa shape index (κ1) is 16.4. The van der Waals surface area contributed by atoms with Crippen LogP contribution in [0.2, 0.25) is 0 Å². The average Bonchev–Trinajstić information content (AvgIpc) is 3.02. The number of para-hydroxylation sites is 1.